The lowest BCUT2D eigenvalue weighted by Crippen LogP contribution is -2.27. The quantitative estimate of drug-likeness (QED) is 0.535. The molecule has 0 amide bonds. The Hall–Kier alpha value is -0.790. The van der Waals surface area contributed by atoms with Crippen molar-refractivity contribution in [1.82, 2.24) is 0 Å². The van der Waals surface area contributed by atoms with Gasteiger partial charge in [-0.1, -0.05) is 45.1 Å². The molecule has 2 aliphatic carbocycles. The normalized spacial score (nSPS) is 23.8. The maximum absolute atomic E-state index is 11.4. The molecule has 0 radical (unpaired) electrons. The number of carbonyl (C=O) groups excluding carboxylic acids is 1. The third-order valence-corrected chi connectivity index (χ3v) is 4.40. The van der Waals surface area contributed by atoms with Gasteiger partial charge in [0, 0.05) is 6.08 Å². The SMILES string of the molecule is C=CC(=O)OC(CC1CCCC1)C1CCCC1. The van der Waals surface area contributed by atoms with E-state index in [1.54, 1.807) is 0 Å². The predicted octanol–water partition coefficient (Wildman–Crippen LogP) is 3.85. The van der Waals surface area contributed by atoms with E-state index in [1.165, 1.54) is 57.4 Å². The molecule has 17 heavy (non-hydrogen) atoms. The fourth-order valence-electron chi connectivity index (χ4n) is 3.44. The molecule has 2 rings (SSSR count). The first-order valence-electron chi connectivity index (χ1n) is 7.12. The first kappa shape index (κ1) is 12.7. The lowest BCUT2D eigenvalue weighted by atomic mass is 9.90. The molecule has 2 aliphatic rings. The van der Waals surface area contributed by atoms with Gasteiger partial charge in [-0.2, -0.15) is 0 Å². The van der Waals surface area contributed by atoms with E-state index in [-0.39, 0.29) is 12.1 Å². The molecule has 0 aliphatic heterocycles. The minimum absolute atomic E-state index is 0.158. The average molecular weight is 236 g/mol. The molecular formula is C15H24O2. The fourth-order valence-corrected chi connectivity index (χ4v) is 3.44. The topological polar surface area (TPSA) is 26.3 Å². The maximum Gasteiger partial charge on any atom is 0.330 e. The van der Waals surface area contributed by atoms with Gasteiger partial charge in [0.15, 0.2) is 0 Å². The van der Waals surface area contributed by atoms with E-state index in [1.807, 2.05) is 0 Å². The van der Waals surface area contributed by atoms with Crippen LogP contribution < -0.4 is 0 Å². The van der Waals surface area contributed by atoms with E-state index in [9.17, 15) is 4.79 Å². The molecule has 0 aromatic carbocycles. The number of carbonyl (C=O) groups is 1. The van der Waals surface area contributed by atoms with E-state index in [2.05, 4.69) is 6.58 Å². The summed E-state index contributed by atoms with van der Waals surface area (Å²) < 4.78 is 5.59. The Bertz CT molecular complexity index is 260. The first-order valence-corrected chi connectivity index (χ1v) is 7.12. The predicted molar refractivity (Wildman–Crippen MR) is 68.6 cm³/mol. The van der Waals surface area contributed by atoms with Gasteiger partial charge in [0.25, 0.3) is 0 Å². The standard InChI is InChI=1S/C15H24O2/c1-2-15(16)17-14(13-9-5-6-10-13)11-12-7-3-4-8-12/h2,12-14H,1,3-11H2. The van der Waals surface area contributed by atoms with Crippen molar-refractivity contribution in [2.24, 2.45) is 11.8 Å². The van der Waals surface area contributed by atoms with E-state index >= 15 is 0 Å². The summed E-state index contributed by atoms with van der Waals surface area (Å²) in [6.07, 6.45) is 13.0. The number of hydrogen-bond donors (Lipinski definition) is 0. The van der Waals surface area contributed by atoms with Crippen LogP contribution in [0.5, 0.6) is 0 Å². The second kappa shape index (κ2) is 6.23. The van der Waals surface area contributed by atoms with Gasteiger partial charge in [0.05, 0.1) is 0 Å². The van der Waals surface area contributed by atoms with Gasteiger partial charge in [0.1, 0.15) is 6.10 Å². The summed E-state index contributed by atoms with van der Waals surface area (Å²) in [6.45, 7) is 3.50. The Kier molecular flexibility index (Phi) is 4.64. The molecule has 2 fully saturated rings. The van der Waals surface area contributed by atoms with Gasteiger partial charge in [0.2, 0.25) is 0 Å². The molecule has 1 unspecified atom stereocenters. The Morgan fingerprint density at radius 1 is 1.18 bits per heavy atom. The molecule has 2 heteroatoms. The zero-order chi connectivity index (χ0) is 12.1. The van der Waals surface area contributed by atoms with Crippen molar-refractivity contribution in [3.63, 3.8) is 0 Å². The van der Waals surface area contributed by atoms with Crippen LogP contribution in [0.3, 0.4) is 0 Å². The summed E-state index contributed by atoms with van der Waals surface area (Å²) in [4.78, 5) is 11.4. The third kappa shape index (κ3) is 3.58. The lowest BCUT2D eigenvalue weighted by Gasteiger charge is -2.25. The minimum Gasteiger partial charge on any atom is -0.459 e. The van der Waals surface area contributed by atoms with E-state index in [0.717, 1.165) is 12.3 Å². The first-order chi connectivity index (χ1) is 8.29. The van der Waals surface area contributed by atoms with Gasteiger partial charge < -0.3 is 4.74 Å². The largest absolute Gasteiger partial charge is 0.459 e. The zero-order valence-corrected chi connectivity index (χ0v) is 10.7. The van der Waals surface area contributed by atoms with Crippen molar-refractivity contribution >= 4 is 5.97 Å². The van der Waals surface area contributed by atoms with Gasteiger partial charge in [-0.15, -0.1) is 0 Å². The number of ether oxygens (including phenoxy) is 1. The highest BCUT2D eigenvalue weighted by atomic mass is 16.5. The zero-order valence-electron chi connectivity index (χ0n) is 10.7. The lowest BCUT2D eigenvalue weighted by molar-refractivity contribution is -0.146. The molecule has 0 spiro atoms. The highest BCUT2D eigenvalue weighted by molar-refractivity contribution is 5.81. The number of rotatable bonds is 5. The molecule has 0 saturated heterocycles. The van der Waals surface area contributed by atoms with E-state index < -0.39 is 0 Å². The maximum atomic E-state index is 11.4. The molecule has 0 aromatic rings. The second-order valence-corrected chi connectivity index (χ2v) is 5.61. The molecule has 2 nitrogen and oxygen atoms in total. The van der Waals surface area contributed by atoms with Crippen molar-refractivity contribution < 1.29 is 9.53 Å². The van der Waals surface area contributed by atoms with Crippen LogP contribution in [0.2, 0.25) is 0 Å². The van der Waals surface area contributed by atoms with Crippen LogP contribution in [0.15, 0.2) is 12.7 Å². The van der Waals surface area contributed by atoms with Crippen LogP contribution in [-0.4, -0.2) is 12.1 Å². The van der Waals surface area contributed by atoms with Gasteiger partial charge in [-0.3, -0.25) is 0 Å². The monoisotopic (exact) mass is 236 g/mol. The molecular weight excluding hydrogens is 212 g/mol. The van der Waals surface area contributed by atoms with E-state index in [4.69, 9.17) is 4.74 Å². The van der Waals surface area contributed by atoms with Gasteiger partial charge in [-0.05, 0) is 31.1 Å². The average Bonchev–Trinajstić information content (AvgIpc) is 3.00. The van der Waals surface area contributed by atoms with Crippen molar-refractivity contribution in [3.8, 4) is 0 Å². The van der Waals surface area contributed by atoms with Gasteiger partial charge >= 0.3 is 5.97 Å². The van der Waals surface area contributed by atoms with Crippen LogP contribution in [0.25, 0.3) is 0 Å². The summed E-state index contributed by atoms with van der Waals surface area (Å²) >= 11 is 0. The molecule has 0 N–H and O–H groups in total. The summed E-state index contributed by atoms with van der Waals surface area (Å²) in [7, 11) is 0. The van der Waals surface area contributed by atoms with E-state index in [0.29, 0.717) is 5.92 Å². The Morgan fingerprint density at radius 2 is 1.76 bits per heavy atom. The van der Waals surface area contributed by atoms with Crippen LogP contribution in [0.1, 0.15) is 57.8 Å². The van der Waals surface area contributed by atoms with Crippen molar-refractivity contribution in [2.75, 3.05) is 0 Å². The molecule has 0 bridgehead atoms. The van der Waals surface area contributed by atoms with Crippen LogP contribution in [-0.2, 0) is 9.53 Å². The van der Waals surface area contributed by atoms with Crippen molar-refractivity contribution in [2.45, 2.75) is 63.9 Å². The molecule has 1 atom stereocenters. The Morgan fingerprint density at radius 3 is 2.35 bits per heavy atom. The van der Waals surface area contributed by atoms with Crippen molar-refractivity contribution in [3.05, 3.63) is 12.7 Å². The molecule has 0 aromatic heterocycles. The summed E-state index contributed by atoms with van der Waals surface area (Å²) in [6, 6.07) is 0. The summed E-state index contributed by atoms with van der Waals surface area (Å²) in [5, 5.41) is 0. The van der Waals surface area contributed by atoms with Crippen LogP contribution >= 0.6 is 0 Å². The summed E-state index contributed by atoms with van der Waals surface area (Å²) in [5.41, 5.74) is 0. The third-order valence-electron chi connectivity index (χ3n) is 4.40. The second-order valence-electron chi connectivity index (χ2n) is 5.61. The van der Waals surface area contributed by atoms with Crippen molar-refractivity contribution in [1.29, 1.82) is 0 Å². The minimum atomic E-state index is -0.236. The molecule has 96 valence electrons. The Labute approximate surface area is 104 Å². The number of hydrogen-bond acceptors (Lipinski definition) is 2. The fraction of sp³-hybridized carbons (Fsp3) is 0.800. The highest BCUT2D eigenvalue weighted by Crippen LogP contribution is 2.36. The Balaban J connectivity index is 1.90. The summed E-state index contributed by atoms with van der Waals surface area (Å²) in [5.74, 6) is 1.16. The van der Waals surface area contributed by atoms with Gasteiger partial charge in [-0.25, -0.2) is 4.79 Å². The van der Waals surface area contributed by atoms with Crippen LogP contribution in [0, 0.1) is 11.8 Å². The molecule has 0 heterocycles. The number of esters is 1. The smallest absolute Gasteiger partial charge is 0.330 e. The molecule has 2 saturated carbocycles. The highest BCUT2D eigenvalue weighted by Gasteiger charge is 2.30. The van der Waals surface area contributed by atoms with Crippen LogP contribution in [0.4, 0.5) is 0 Å².